The predicted octanol–water partition coefficient (Wildman–Crippen LogP) is 5.64. The van der Waals surface area contributed by atoms with Crippen molar-refractivity contribution in [2.75, 3.05) is 30.3 Å². The normalized spacial score (nSPS) is 18.4. The van der Waals surface area contributed by atoms with Gasteiger partial charge in [0.1, 0.15) is 0 Å². The second-order valence-corrected chi connectivity index (χ2v) is 10.3. The maximum absolute atomic E-state index is 12.8. The Labute approximate surface area is 182 Å². The molecule has 1 aliphatic heterocycles. The molecule has 28 heavy (non-hydrogen) atoms. The van der Waals surface area contributed by atoms with Crippen LogP contribution in [-0.4, -0.2) is 38.1 Å². The van der Waals surface area contributed by atoms with Crippen LogP contribution in [0.3, 0.4) is 0 Å². The summed E-state index contributed by atoms with van der Waals surface area (Å²) in [5.74, 6) is 0.179. The van der Waals surface area contributed by atoms with E-state index < -0.39 is 10.0 Å². The Morgan fingerprint density at radius 3 is 2.32 bits per heavy atom. The van der Waals surface area contributed by atoms with Gasteiger partial charge in [0.25, 0.3) is 0 Å². The van der Waals surface area contributed by atoms with E-state index in [-0.39, 0.29) is 11.8 Å². The minimum absolute atomic E-state index is 0.166. The van der Waals surface area contributed by atoms with Crippen LogP contribution in [-0.2, 0) is 10.0 Å². The van der Waals surface area contributed by atoms with Crippen LogP contribution in [0.2, 0.25) is 15.1 Å². The van der Waals surface area contributed by atoms with Gasteiger partial charge in [0.05, 0.1) is 22.5 Å². The van der Waals surface area contributed by atoms with E-state index in [2.05, 4.69) is 4.90 Å². The molecule has 1 fully saturated rings. The zero-order valence-electron chi connectivity index (χ0n) is 15.6. The van der Waals surface area contributed by atoms with Crippen molar-refractivity contribution in [1.82, 2.24) is 4.31 Å². The van der Waals surface area contributed by atoms with Crippen LogP contribution in [0, 0.1) is 0 Å². The molecule has 1 aliphatic rings. The van der Waals surface area contributed by atoms with E-state index in [0.717, 1.165) is 17.7 Å². The van der Waals surface area contributed by atoms with E-state index >= 15 is 0 Å². The van der Waals surface area contributed by atoms with Crippen molar-refractivity contribution < 1.29 is 8.42 Å². The van der Waals surface area contributed by atoms with Crippen LogP contribution in [0.15, 0.2) is 42.5 Å². The van der Waals surface area contributed by atoms with E-state index in [1.54, 1.807) is 16.4 Å². The van der Waals surface area contributed by atoms with Crippen molar-refractivity contribution in [3.05, 3.63) is 63.1 Å². The summed E-state index contributed by atoms with van der Waals surface area (Å²) in [6.45, 7) is 3.33. The molecule has 0 spiro atoms. The van der Waals surface area contributed by atoms with E-state index in [1.165, 1.54) is 0 Å². The Morgan fingerprint density at radius 2 is 1.68 bits per heavy atom. The highest BCUT2D eigenvalue weighted by Crippen LogP contribution is 2.37. The lowest BCUT2D eigenvalue weighted by molar-refractivity contribution is 0.335. The van der Waals surface area contributed by atoms with Crippen molar-refractivity contribution in [2.24, 2.45) is 0 Å². The van der Waals surface area contributed by atoms with Gasteiger partial charge >= 0.3 is 0 Å². The van der Waals surface area contributed by atoms with Crippen LogP contribution in [0.1, 0.15) is 31.4 Å². The minimum Gasteiger partial charge on any atom is -0.361 e. The third-order valence-electron chi connectivity index (χ3n) is 4.97. The second kappa shape index (κ2) is 9.23. The molecule has 0 aromatic heterocycles. The molecule has 0 saturated carbocycles. The number of rotatable bonds is 6. The van der Waals surface area contributed by atoms with Crippen molar-refractivity contribution >= 4 is 50.5 Å². The van der Waals surface area contributed by atoms with Crippen LogP contribution in [0.4, 0.5) is 5.69 Å². The minimum atomic E-state index is -3.29. The summed E-state index contributed by atoms with van der Waals surface area (Å²) in [5.41, 5.74) is 1.84. The van der Waals surface area contributed by atoms with Gasteiger partial charge in [-0.2, -0.15) is 4.31 Å². The number of benzene rings is 2. The molecule has 1 unspecified atom stereocenters. The van der Waals surface area contributed by atoms with Crippen LogP contribution >= 0.6 is 34.8 Å². The van der Waals surface area contributed by atoms with Gasteiger partial charge in [0, 0.05) is 29.7 Å². The molecule has 8 heteroatoms. The molecule has 152 valence electrons. The molecule has 4 nitrogen and oxygen atoms in total. The zero-order chi connectivity index (χ0) is 20.3. The first-order valence-electron chi connectivity index (χ1n) is 9.27. The van der Waals surface area contributed by atoms with Crippen LogP contribution in [0.5, 0.6) is 0 Å². The zero-order valence-corrected chi connectivity index (χ0v) is 18.7. The van der Waals surface area contributed by atoms with Gasteiger partial charge in [-0.05, 0) is 42.3 Å². The molecular formula is C20H23Cl3N2O2S. The molecule has 2 aromatic rings. The molecule has 1 saturated heterocycles. The molecule has 0 aliphatic carbocycles. The smallest absolute Gasteiger partial charge is 0.214 e. The van der Waals surface area contributed by atoms with Crippen LogP contribution < -0.4 is 4.90 Å². The van der Waals surface area contributed by atoms with Gasteiger partial charge in [-0.1, -0.05) is 60.3 Å². The first-order valence-corrected chi connectivity index (χ1v) is 12.0. The van der Waals surface area contributed by atoms with Gasteiger partial charge in [-0.25, -0.2) is 8.42 Å². The Hall–Kier alpha value is -0.980. The summed E-state index contributed by atoms with van der Waals surface area (Å²) in [6.07, 6.45) is 1.51. The third-order valence-corrected chi connectivity index (χ3v) is 7.68. The molecule has 2 aromatic carbocycles. The molecular weight excluding hydrogens is 439 g/mol. The fraction of sp³-hybridized carbons (Fsp3) is 0.400. The standard InChI is InChI=1S/C20H23Cl3N2O2S/c1-2-3-12-28(26,27)24-10-11-25(19-9-8-17(22)13-18(19)23)20(14-24)15-4-6-16(21)7-5-15/h4-9,13,20H,2-3,10-12,14H2,1H3. The lowest BCUT2D eigenvalue weighted by Gasteiger charge is -2.42. The first-order chi connectivity index (χ1) is 13.3. The molecule has 1 heterocycles. The van der Waals surface area contributed by atoms with E-state index in [9.17, 15) is 8.42 Å². The highest BCUT2D eigenvalue weighted by Gasteiger charge is 2.34. The number of halogens is 3. The van der Waals surface area contributed by atoms with E-state index in [0.29, 0.717) is 41.1 Å². The molecule has 0 amide bonds. The van der Waals surface area contributed by atoms with Crippen molar-refractivity contribution in [3.8, 4) is 0 Å². The number of anilines is 1. The van der Waals surface area contributed by atoms with Gasteiger partial charge in [-0.15, -0.1) is 0 Å². The van der Waals surface area contributed by atoms with E-state index in [1.807, 2.05) is 37.3 Å². The average Bonchev–Trinajstić information content (AvgIpc) is 2.67. The van der Waals surface area contributed by atoms with Gasteiger partial charge in [-0.3, -0.25) is 0 Å². The third kappa shape index (κ3) is 4.95. The van der Waals surface area contributed by atoms with Crippen molar-refractivity contribution in [1.29, 1.82) is 0 Å². The number of piperazine rings is 1. The topological polar surface area (TPSA) is 40.6 Å². The summed E-state index contributed by atoms with van der Waals surface area (Å²) in [6, 6.07) is 12.7. The number of hydrogen-bond donors (Lipinski definition) is 0. The van der Waals surface area contributed by atoms with Gasteiger partial charge in [0.2, 0.25) is 10.0 Å². The summed E-state index contributed by atoms with van der Waals surface area (Å²) >= 11 is 18.6. The molecule has 1 atom stereocenters. The van der Waals surface area contributed by atoms with Gasteiger partial charge in [0.15, 0.2) is 0 Å². The lowest BCUT2D eigenvalue weighted by atomic mass is 10.0. The number of nitrogens with zero attached hydrogens (tertiary/aromatic N) is 2. The fourth-order valence-corrected chi connectivity index (χ4v) is 5.72. The summed E-state index contributed by atoms with van der Waals surface area (Å²) < 4.78 is 27.1. The Kier molecular flexibility index (Phi) is 7.16. The number of hydrogen-bond acceptors (Lipinski definition) is 3. The summed E-state index contributed by atoms with van der Waals surface area (Å²) in [4.78, 5) is 2.15. The van der Waals surface area contributed by atoms with E-state index in [4.69, 9.17) is 34.8 Å². The maximum Gasteiger partial charge on any atom is 0.214 e. The molecule has 0 radical (unpaired) electrons. The first kappa shape index (κ1) is 21.7. The number of sulfonamides is 1. The number of unbranched alkanes of at least 4 members (excludes halogenated alkanes) is 1. The highest BCUT2D eigenvalue weighted by atomic mass is 35.5. The summed E-state index contributed by atoms with van der Waals surface area (Å²) in [7, 11) is -3.29. The largest absolute Gasteiger partial charge is 0.361 e. The Bertz CT molecular complexity index is 920. The molecule has 0 N–H and O–H groups in total. The molecule has 0 bridgehead atoms. The van der Waals surface area contributed by atoms with Gasteiger partial charge < -0.3 is 4.90 Å². The highest BCUT2D eigenvalue weighted by molar-refractivity contribution is 7.89. The Balaban J connectivity index is 1.95. The summed E-state index contributed by atoms with van der Waals surface area (Å²) in [5, 5.41) is 1.76. The Morgan fingerprint density at radius 1 is 1.00 bits per heavy atom. The lowest BCUT2D eigenvalue weighted by Crippen LogP contribution is -2.51. The van der Waals surface area contributed by atoms with Crippen molar-refractivity contribution in [2.45, 2.75) is 25.8 Å². The van der Waals surface area contributed by atoms with Crippen LogP contribution in [0.25, 0.3) is 0 Å². The van der Waals surface area contributed by atoms with Crippen molar-refractivity contribution in [3.63, 3.8) is 0 Å². The second-order valence-electron chi connectivity index (χ2n) is 6.88. The average molecular weight is 462 g/mol. The SMILES string of the molecule is CCCCS(=O)(=O)N1CCN(c2ccc(Cl)cc2Cl)C(c2ccc(Cl)cc2)C1. The maximum atomic E-state index is 12.8. The fourth-order valence-electron chi connectivity index (χ4n) is 3.44. The quantitative estimate of drug-likeness (QED) is 0.559. The monoisotopic (exact) mass is 460 g/mol. The predicted molar refractivity (Wildman–Crippen MR) is 118 cm³/mol. The molecule has 3 rings (SSSR count).